The lowest BCUT2D eigenvalue weighted by molar-refractivity contribution is -0.274. The molecule has 0 N–H and O–H groups in total. The average Bonchev–Trinajstić information content (AvgIpc) is 2.57. The Morgan fingerprint density at radius 1 is 1.00 bits per heavy atom. The Morgan fingerprint density at radius 3 is 2.24 bits per heavy atom. The van der Waals surface area contributed by atoms with Crippen LogP contribution in [0.2, 0.25) is 5.02 Å². The van der Waals surface area contributed by atoms with Crippen molar-refractivity contribution >= 4 is 11.6 Å². The van der Waals surface area contributed by atoms with Crippen molar-refractivity contribution in [3.8, 4) is 28.7 Å². The maximum Gasteiger partial charge on any atom is 0.573 e. The minimum Gasteiger partial charge on any atom is -0.493 e. The van der Waals surface area contributed by atoms with Gasteiger partial charge in [-0.2, -0.15) is 0 Å². The van der Waals surface area contributed by atoms with Gasteiger partial charge in [0.05, 0.1) is 12.1 Å². The Labute approximate surface area is 168 Å². The zero-order chi connectivity index (χ0) is 21.4. The first-order valence-electron chi connectivity index (χ1n) is 8.42. The van der Waals surface area contributed by atoms with E-state index in [0.717, 1.165) is 12.1 Å². The lowest BCUT2D eigenvalue weighted by Gasteiger charge is -2.35. The zero-order valence-electron chi connectivity index (χ0n) is 15.3. The van der Waals surface area contributed by atoms with E-state index in [1.165, 1.54) is 25.3 Å². The number of benzene rings is 2. The van der Waals surface area contributed by atoms with Gasteiger partial charge < -0.3 is 18.9 Å². The maximum absolute atomic E-state index is 13.0. The molecular formula is C19H16ClF5O4. The molecule has 0 atom stereocenters. The Hall–Kier alpha value is -2.42. The number of hydrogen-bond donors (Lipinski definition) is 0. The number of halogens is 6. The van der Waals surface area contributed by atoms with Crippen LogP contribution in [0.4, 0.5) is 22.0 Å². The number of hydrogen-bond acceptors (Lipinski definition) is 4. The summed E-state index contributed by atoms with van der Waals surface area (Å²) in [6, 6.07) is 6.29. The van der Waals surface area contributed by atoms with Gasteiger partial charge in [-0.1, -0.05) is 11.6 Å². The minimum atomic E-state index is -4.85. The molecule has 10 heteroatoms. The molecule has 0 aliphatic heterocycles. The van der Waals surface area contributed by atoms with Gasteiger partial charge in [-0.25, -0.2) is 8.78 Å². The van der Waals surface area contributed by atoms with Crippen molar-refractivity contribution in [3.05, 3.63) is 40.9 Å². The molecule has 1 aliphatic carbocycles. The van der Waals surface area contributed by atoms with Gasteiger partial charge in [0.1, 0.15) is 23.4 Å². The van der Waals surface area contributed by atoms with E-state index >= 15 is 0 Å². The summed E-state index contributed by atoms with van der Waals surface area (Å²) in [5.41, 5.74) is 0.524. The maximum atomic E-state index is 13.0. The summed E-state index contributed by atoms with van der Waals surface area (Å²) in [5, 5.41) is 0.277. The largest absolute Gasteiger partial charge is 0.573 e. The van der Waals surface area contributed by atoms with Crippen LogP contribution in [0.3, 0.4) is 0 Å². The van der Waals surface area contributed by atoms with Crippen molar-refractivity contribution in [3.63, 3.8) is 0 Å². The molecule has 0 heterocycles. The monoisotopic (exact) mass is 438 g/mol. The van der Waals surface area contributed by atoms with Crippen LogP contribution in [0, 0.1) is 6.92 Å². The predicted octanol–water partition coefficient (Wildman–Crippen LogP) is 6.52. The summed E-state index contributed by atoms with van der Waals surface area (Å²) in [6.07, 6.45) is -6.25. The van der Waals surface area contributed by atoms with Crippen LogP contribution in [0.15, 0.2) is 30.3 Å². The molecule has 0 spiro atoms. The van der Waals surface area contributed by atoms with E-state index in [2.05, 4.69) is 4.74 Å². The number of methoxy groups -OCH3 is 1. The number of alkyl halides is 5. The molecule has 1 fully saturated rings. The van der Waals surface area contributed by atoms with Gasteiger partial charge in [0.25, 0.3) is 5.92 Å². The fourth-order valence-corrected chi connectivity index (χ4v) is 2.93. The van der Waals surface area contributed by atoms with Crippen LogP contribution in [-0.2, 0) is 0 Å². The fraction of sp³-hybridized carbons (Fsp3) is 0.368. The highest BCUT2D eigenvalue weighted by Crippen LogP contribution is 2.43. The second-order valence-corrected chi connectivity index (χ2v) is 6.90. The topological polar surface area (TPSA) is 36.9 Å². The van der Waals surface area contributed by atoms with Gasteiger partial charge >= 0.3 is 6.36 Å². The van der Waals surface area contributed by atoms with Gasteiger partial charge in [-0.15, -0.1) is 13.2 Å². The standard InChI is InChI=1S/C19H16ClF5O4/c1-10-14(20)5-12(27-13-8-18(21,22)9-13)7-16(10)28-15-4-3-11(6-17(15)26-2)29-19(23,24)25/h3-7,13H,8-9H2,1-2H3. The highest BCUT2D eigenvalue weighted by atomic mass is 35.5. The predicted molar refractivity (Wildman–Crippen MR) is 94.5 cm³/mol. The van der Waals surface area contributed by atoms with Gasteiger partial charge in [-0.3, -0.25) is 0 Å². The highest BCUT2D eigenvalue weighted by molar-refractivity contribution is 6.31. The van der Waals surface area contributed by atoms with Crippen molar-refractivity contribution < 1.29 is 40.9 Å². The second kappa shape index (κ2) is 7.78. The molecule has 1 aliphatic rings. The van der Waals surface area contributed by atoms with E-state index in [-0.39, 0.29) is 40.9 Å². The van der Waals surface area contributed by atoms with Crippen molar-refractivity contribution in [1.29, 1.82) is 0 Å². The molecule has 0 unspecified atom stereocenters. The van der Waals surface area contributed by atoms with E-state index in [4.69, 9.17) is 25.8 Å². The molecule has 1 saturated carbocycles. The van der Waals surface area contributed by atoms with Gasteiger partial charge in [0, 0.05) is 30.5 Å². The minimum absolute atomic E-state index is 0.00720. The van der Waals surface area contributed by atoms with Crippen LogP contribution >= 0.6 is 11.6 Å². The van der Waals surface area contributed by atoms with E-state index in [1.54, 1.807) is 6.92 Å². The first-order valence-corrected chi connectivity index (χ1v) is 8.80. The van der Waals surface area contributed by atoms with Crippen LogP contribution in [0.25, 0.3) is 0 Å². The van der Waals surface area contributed by atoms with E-state index < -0.39 is 24.1 Å². The van der Waals surface area contributed by atoms with Crippen molar-refractivity contribution in [2.75, 3.05) is 7.11 Å². The van der Waals surface area contributed by atoms with Crippen molar-refractivity contribution in [2.45, 2.75) is 38.2 Å². The van der Waals surface area contributed by atoms with Gasteiger partial charge in [0.15, 0.2) is 11.5 Å². The fourth-order valence-electron chi connectivity index (χ4n) is 2.73. The van der Waals surface area contributed by atoms with Crippen LogP contribution in [0.1, 0.15) is 18.4 Å². The molecule has 0 amide bonds. The molecule has 0 radical (unpaired) electrons. The molecular weight excluding hydrogens is 423 g/mol. The van der Waals surface area contributed by atoms with E-state index in [1.807, 2.05) is 0 Å². The van der Waals surface area contributed by atoms with Crippen LogP contribution < -0.4 is 18.9 Å². The zero-order valence-corrected chi connectivity index (χ0v) is 16.0. The Morgan fingerprint density at radius 2 is 1.66 bits per heavy atom. The molecule has 0 aromatic heterocycles. The van der Waals surface area contributed by atoms with Gasteiger partial charge in [0.2, 0.25) is 0 Å². The lowest BCUT2D eigenvalue weighted by Crippen LogP contribution is -2.43. The van der Waals surface area contributed by atoms with E-state index in [9.17, 15) is 22.0 Å². The second-order valence-electron chi connectivity index (χ2n) is 6.49. The molecule has 2 aromatic rings. The normalized spacial score (nSPS) is 16.1. The molecule has 0 bridgehead atoms. The molecule has 2 aromatic carbocycles. The third kappa shape index (κ3) is 5.35. The first-order chi connectivity index (χ1) is 13.5. The first kappa shape index (κ1) is 21.3. The summed E-state index contributed by atoms with van der Waals surface area (Å²) in [6.45, 7) is 1.66. The quantitative estimate of drug-likeness (QED) is 0.481. The highest BCUT2D eigenvalue weighted by Gasteiger charge is 2.47. The average molecular weight is 439 g/mol. The summed E-state index contributed by atoms with van der Waals surface area (Å²) >= 11 is 6.17. The third-order valence-corrected chi connectivity index (χ3v) is 4.61. The summed E-state index contributed by atoms with van der Waals surface area (Å²) < 4.78 is 83.3. The summed E-state index contributed by atoms with van der Waals surface area (Å²) in [4.78, 5) is 0. The SMILES string of the molecule is COc1cc(OC(F)(F)F)ccc1Oc1cc(OC2CC(F)(F)C2)cc(Cl)c1C. The van der Waals surface area contributed by atoms with Gasteiger partial charge in [-0.05, 0) is 25.1 Å². The third-order valence-electron chi connectivity index (χ3n) is 4.21. The number of rotatable bonds is 6. The molecule has 0 saturated heterocycles. The molecule has 4 nitrogen and oxygen atoms in total. The van der Waals surface area contributed by atoms with Crippen LogP contribution in [-0.4, -0.2) is 25.5 Å². The van der Waals surface area contributed by atoms with Crippen molar-refractivity contribution in [1.82, 2.24) is 0 Å². The summed E-state index contributed by atoms with van der Waals surface area (Å²) in [7, 11) is 1.26. The molecule has 29 heavy (non-hydrogen) atoms. The molecule has 3 rings (SSSR count). The Bertz CT molecular complexity index is 893. The van der Waals surface area contributed by atoms with Crippen LogP contribution in [0.5, 0.6) is 28.7 Å². The lowest BCUT2D eigenvalue weighted by atomic mass is 9.91. The smallest absolute Gasteiger partial charge is 0.493 e. The summed E-state index contributed by atoms with van der Waals surface area (Å²) in [5.74, 6) is -2.62. The van der Waals surface area contributed by atoms with Crippen molar-refractivity contribution in [2.24, 2.45) is 0 Å². The Kier molecular flexibility index (Phi) is 5.71. The Balaban J connectivity index is 1.82. The number of ether oxygens (including phenoxy) is 4. The molecule has 158 valence electrons. The van der Waals surface area contributed by atoms with E-state index in [0.29, 0.717) is 5.56 Å².